The number of nitrogens with one attached hydrogen (secondary N) is 2. The maximum atomic E-state index is 12.0. The topological polar surface area (TPSA) is 98.3 Å². The summed E-state index contributed by atoms with van der Waals surface area (Å²) in [5.74, 6) is -0.399. The molecule has 3 N–H and O–H groups in total. The molecule has 0 saturated carbocycles. The second-order valence-electron chi connectivity index (χ2n) is 4.75. The number of carbonyl (C=O) groups excluding carboxylic acids is 1. The van der Waals surface area contributed by atoms with Crippen LogP contribution < -0.4 is 5.32 Å². The molecule has 104 valence electrons. The van der Waals surface area contributed by atoms with E-state index < -0.39 is 5.97 Å². The van der Waals surface area contributed by atoms with Crippen molar-refractivity contribution in [2.24, 2.45) is 5.92 Å². The first-order chi connectivity index (χ1) is 9.08. The molecular weight excluding hydrogens is 248 g/mol. The molecule has 7 heteroatoms. The normalized spacial score (nSPS) is 18.1. The highest BCUT2D eigenvalue weighted by atomic mass is 16.4. The lowest BCUT2D eigenvalue weighted by atomic mass is 9.97. The molecule has 1 saturated heterocycles. The highest BCUT2D eigenvalue weighted by Crippen LogP contribution is 2.17. The maximum absolute atomic E-state index is 12.0. The zero-order chi connectivity index (χ0) is 13.8. The molecule has 1 fully saturated rings. The van der Waals surface area contributed by atoms with Crippen molar-refractivity contribution in [2.45, 2.75) is 25.8 Å². The van der Waals surface area contributed by atoms with Crippen molar-refractivity contribution < 1.29 is 14.7 Å². The Bertz CT molecular complexity index is 438. The molecule has 0 aromatic carbocycles. The van der Waals surface area contributed by atoms with Gasteiger partial charge in [0, 0.05) is 25.5 Å². The van der Waals surface area contributed by atoms with Gasteiger partial charge in [0.05, 0.1) is 12.0 Å². The smallest absolute Gasteiger partial charge is 0.317 e. The predicted molar refractivity (Wildman–Crippen MR) is 67.5 cm³/mol. The second-order valence-corrected chi connectivity index (χ2v) is 4.75. The minimum absolute atomic E-state index is 0.173. The van der Waals surface area contributed by atoms with E-state index in [1.54, 1.807) is 17.3 Å². The number of carboxylic acid groups (broad SMARTS) is 1. The number of hydrogen-bond donors (Lipinski definition) is 3. The van der Waals surface area contributed by atoms with Gasteiger partial charge >= 0.3 is 12.0 Å². The van der Waals surface area contributed by atoms with Crippen LogP contribution in [-0.4, -0.2) is 45.1 Å². The van der Waals surface area contributed by atoms with Crippen LogP contribution in [0.1, 0.15) is 31.6 Å². The largest absolute Gasteiger partial charge is 0.481 e. The first-order valence-corrected chi connectivity index (χ1v) is 6.35. The fraction of sp³-hybridized carbons (Fsp3) is 0.583. The summed E-state index contributed by atoms with van der Waals surface area (Å²) in [5.41, 5.74) is 0. The number of aromatic amines is 1. The third kappa shape index (κ3) is 3.24. The number of likely N-dealkylation sites (tertiary alicyclic amines) is 1. The number of carboxylic acids is 1. The minimum atomic E-state index is -0.774. The van der Waals surface area contributed by atoms with Gasteiger partial charge in [-0.05, 0) is 19.8 Å². The van der Waals surface area contributed by atoms with Gasteiger partial charge in [-0.3, -0.25) is 4.79 Å². The van der Waals surface area contributed by atoms with E-state index in [1.165, 1.54) is 0 Å². The summed E-state index contributed by atoms with van der Waals surface area (Å²) in [7, 11) is 0. The summed E-state index contributed by atoms with van der Waals surface area (Å²) in [6.07, 6.45) is 4.36. The molecule has 2 heterocycles. The molecule has 1 atom stereocenters. The molecule has 1 aliphatic rings. The fourth-order valence-electron chi connectivity index (χ4n) is 2.19. The molecule has 0 spiro atoms. The highest BCUT2D eigenvalue weighted by molar-refractivity contribution is 5.75. The highest BCUT2D eigenvalue weighted by Gasteiger charge is 2.27. The van der Waals surface area contributed by atoms with Crippen molar-refractivity contribution in [3.05, 3.63) is 18.2 Å². The maximum Gasteiger partial charge on any atom is 0.317 e. The van der Waals surface area contributed by atoms with Crippen molar-refractivity contribution in [3.8, 4) is 0 Å². The SMILES string of the molecule is CC(NC(=O)N1CCC(C(=O)O)CC1)c1ncc[nH]1. The van der Waals surface area contributed by atoms with Crippen LogP contribution in [0.25, 0.3) is 0 Å². The van der Waals surface area contributed by atoms with Crippen LogP contribution in [0.3, 0.4) is 0 Å². The summed E-state index contributed by atoms with van der Waals surface area (Å²) < 4.78 is 0. The van der Waals surface area contributed by atoms with Crippen LogP contribution >= 0.6 is 0 Å². The molecule has 2 amide bonds. The van der Waals surface area contributed by atoms with E-state index in [4.69, 9.17) is 5.11 Å². The molecule has 1 aromatic heterocycles. The molecule has 0 radical (unpaired) electrons. The molecule has 1 unspecified atom stereocenters. The fourth-order valence-corrected chi connectivity index (χ4v) is 2.19. The molecule has 0 bridgehead atoms. The molecule has 7 nitrogen and oxygen atoms in total. The van der Waals surface area contributed by atoms with Gasteiger partial charge in [-0.2, -0.15) is 0 Å². The number of piperidine rings is 1. The van der Waals surface area contributed by atoms with Gasteiger partial charge in [0.25, 0.3) is 0 Å². The Balaban J connectivity index is 1.83. The van der Waals surface area contributed by atoms with Gasteiger partial charge in [0.1, 0.15) is 5.82 Å². The van der Waals surface area contributed by atoms with Crippen LogP contribution in [0, 0.1) is 5.92 Å². The molecule has 1 aliphatic heterocycles. The molecule has 2 rings (SSSR count). The average Bonchev–Trinajstić information content (AvgIpc) is 2.92. The lowest BCUT2D eigenvalue weighted by Gasteiger charge is -2.31. The van der Waals surface area contributed by atoms with Crippen LogP contribution in [0.2, 0.25) is 0 Å². The van der Waals surface area contributed by atoms with Crippen molar-refractivity contribution >= 4 is 12.0 Å². The lowest BCUT2D eigenvalue weighted by Crippen LogP contribution is -2.46. The summed E-state index contributed by atoms with van der Waals surface area (Å²) in [6.45, 7) is 2.81. The van der Waals surface area contributed by atoms with E-state index in [0.29, 0.717) is 31.8 Å². The Morgan fingerprint density at radius 2 is 2.21 bits per heavy atom. The number of carbonyl (C=O) groups is 2. The second kappa shape index (κ2) is 5.73. The zero-order valence-corrected chi connectivity index (χ0v) is 10.8. The molecular formula is C12H18N4O3. The number of rotatable bonds is 3. The summed E-state index contributed by atoms with van der Waals surface area (Å²) >= 11 is 0. The van der Waals surface area contributed by atoms with Gasteiger partial charge in [-0.15, -0.1) is 0 Å². The Morgan fingerprint density at radius 1 is 1.53 bits per heavy atom. The number of amides is 2. The lowest BCUT2D eigenvalue weighted by molar-refractivity contribution is -0.143. The number of urea groups is 1. The molecule has 1 aromatic rings. The van der Waals surface area contributed by atoms with Crippen molar-refractivity contribution in [1.82, 2.24) is 20.2 Å². The van der Waals surface area contributed by atoms with E-state index in [9.17, 15) is 9.59 Å². The van der Waals surface area contributed by atoms with Crippen LogP contribution in [0.4, 0.5) is 4.79 Å². The zero-order valence-electron chi connectivity index (χ0n) is 10.8. The number of aliphatic carboxylic acids is 1. The Morgan fingerprint density at radius 3 is 2.74 bits per heavy atom. The monoisotopic (exact) mass is 266 g/mol. The Hall–Kier alpha value is -2.05. The van der Waals surface area contributed by atoms with Gasteiger partial charge in [-0.25, -0.2) is 9.78 Å². The van der Waals surface area contributed by atoms with Gasteiger partial charge in [-0.1, -0.05) is 0 Å². The van der Waals surface area contributed by atoms with Crippen molar-refractivity contribution in [3.63, 3.8) is 0 Å². The first kappa shape index (κ1) is 13.4. The minimum Gasteiger partial charge on any atom is -0.481 e. The third-order valence-electron chi connectivity index (χ3n) is 3.40. The summed E-state index contributed by atoms with van der Waals surface area (Å²) in [4.78, 5) is 31.5. The van der Waals surface area contributed by atoms with Gasteiger partial charge in [0.15, 0.2) is 0 Å². The number of imidazole rings is 1. The third-order valence-corrected chi connectivity index (χ3v) is 3.40. The Labute approximate surface area is 111 Å². The van der Waals surface area contributed by atoms with Crippen molar-refractivity contribution in [1.29, 1.82) is 0 Å². The van der Waals surface area contributed by atoms with Gasteiger partial charge < -0.3 is 20.3 Å². The van der Waals surface area contributed by atoms with E-state index in [1.807, 2.05) is 6.92 Å². The van der Waals surface area contributed by atoms with Crippen molar-refractivity contribution in [2.75, 3.05) is 13.1 Å². The van der Waals surface area contributed by atoms with E-state index in [2.05, 4.69) is 15.3 Å². The van der Waals surface area contributed by atoms with E-state index in [0.717, 1.165) is 0 Å². The van der Waals surface area contributed by atoms with E-state index >= 15 is 0 Å². The standard InChI is InChI=1S/C12H18N4O3/c1-8(10-13-4-5-14-10)15-12(19)16-6-2-9(3-7-16)11(17)18/h4-5,8-9H,2-3,6-7H2,1H3,(H,13,14)(H,15,19)(H,17,18). The predicted octanol–water partition coefficient (Wildman–Crippen LogP) is 0.977. The summed E-state index contributed by atoms with van der Waals surface area (Å²) in [5, 5.41) is 11.7. The van der Waals surface area contributed by atoms with Crippen LogP contribution in [0.5, 0.6) is 0 Å². The average molecular weight is 266 g/mol. The number of nitrogens with zero attached hydrogens (tertiary/aromatic N) is 2. The molecule has 19 heavy (non-hydrogen) atoms. The molecule has 0 aliphatic carbocycles. The van der Waals surface area contributed by atoms with Crippen LogP contribution in [-0.2, 0) is 4.79 Å². The number of aromatic nitrogens is 2. The van der Waals surface area contributed by atoms with Gasteiger partial charge in [0.2, 0.25) is 0 Å². The number of H-pyrrole nitrogens is 1. The Kier molecular flexibility index (Phi) is 4.03. The summed E-state index contributed by atoms with van der Waals surface area (Å²) in [6, 6.07) is -0.368. The quantitative estimate of drug-likeness (QED) is 0.759. The number of hydrogen-bond acceptors (Lipinski definition) is 3. The first-order valence-electron chi connectivity index (χ1n) is 6.35. The van der Waals surface area contributed by atoms with Crippen LogP contribution in [0.15, 0.2) is 12.4 Å². The van der Waals surface area contributed by atoms with E-state index in [-0.39, 0.29) is 18.0 Å².